The number of aliphatic hydroxyl groups is 1. The number of pyridine rings is 1. The van der Waals surface area contributed by atoms with Crippen molar-refractivity contribution in [2.75, 3.05) is 5.32 Å². The number of carbonyl (C=O) groups is 2. The Morgan fingerprint density at radius 1 is 1.15 bits per heavy atom. The maximum atomic E-state index is 12.5. The van der Waals surface area contributed by atoms with Gasteiger partial charge in [-0.2, -0.15) is 13.2 Å². The zero-order valence-electron chi connectivity index (χ0n) is 20.9. The van der Waals surface area contributed by atoms with Crippen molar-refractivity contribution in [2.24, 2.45) is 0 Å². The van der Waals surface area contributed by atoms with Crippen LogP contribution in [0.2, 0.25) is 0 Å². The van der Waals surface area contributed by atoms with E-state index in [0.717, 1.165) is 30.4 Å². The maximum absolute atomic E-state index is 12.5. The van der Waals surface area contributed by atoms with Crippen LogP contribution in [0.4, 0.5) is 18.9 Å². The average Bonchev–Trinajstić information content (AvgIpc) is 3.38. The second-order valence-electron chi connectivity index (χ2n) is 8.96. The highest BCUT2D eigenvalue weighted by Crippen LogP contribution is 2.26. The highest BCUT2D eigenvalue weighted by molar-refractivity contribution is 5.93. The van der Waals surface area contributed by atoms with Gasteiger partial charge in [-0.25, -0.2) is 14.6 Å². The van der Waals surface area contributed by atoms with Crippen LogP contribution in [0.15, 0.2) is 72.0 Å². The maximum Gasteiger partial charge on any atom is 0.490 e. The number of nitrogens with one attached hydrogen (secondary N) is 2. The molecule has 4 N–H and O–H groups in total. The molecule has 1 aromatic carbocycles. The molecule has 1 aliphatic rings. The fourth-order valence-corrected chi connectivity index (χ4v) is 4.09. The van der Waals surface area contributed by atoms with Crippen LogP contribution in [0.1, 0.15) is 43.0 Å². The van der Waals surface area contributed by atoms with E-state index in [9.17, 15) is 27.9 Å². The number of aliphatic hydroxyl groups excluding tert-OH is 1. The molecule has 1 saturated heterocycles. The van der Waals surface area contributed by atoms with Gasteiger partial charge in [0.1, 0.15) is 6.04 Å². The number of carboxylic acids is 1. The number of aliphatic carboxylic acids is 1. The van der Waals surface area contributed by atoms with Crippen LogP contribution in [0.3, 0.4) is 0 Å². The number of benzene rings is 1. The van der Waals surface area contributed by atoms with Gasteiger partial charge in [-0.3, -0.25) is 14.3 Å². The first-order chi connectivity index (χ1) is 18.5. The van der Waals surface area contributed by atoms with Gasteiger partial charge < -0.3 is 20.8 Å². The summed E-state index contributed by atoms with van der Waals surface area (Å²) in [5.41, 5.74) is 2.19. The highest BCUT2D eigenvalue weighted by Gasteiger charge is 2.38. The first kappa shape index (κ1) is 29.5. The average molecular weight is 548 g/mol. The second-order valence-corrected chi connectivity index (χ2v) is 8.96. The molecule has 10 nitrogen and oxygen atoms in total. The third-order valence-corrected chi connectivity index (χ3v) is 6.16. The summed E-state index contributed by atoms with van der Waals surface area (Å²) in [7, 11) is 0. The molecule has 0 unspecified atom stereocenters. The number of hydrogen-bond donors (Lipinski definition) is 4. The molecule has 1 aliphatic heterocycles. The molecular weight excluding hydrogens is 519 g/mol. The molecule has 13 heteroatoms. The standard InChI is InChI=1S/C24H27N5O3.C2HF3O2/c1-16(29-13-3-12-26-24(29)32)23(31)28-19-7-5-17(6-8-19)14-20-9-10-21(27-20)22(30)18-4-2-11-25-15-18;3-2(4,5)1(6)7/h2-8,11-13,15-16,20-22,27,30H,9-10,14H2,1H3,(H,28,31);(H,6,7)/t16-,20-,21+,22+;/m0./s1. The quantitative estimate of drug-likeness (QED) is 0.353. The van der Waals surface area contributed by atoms with E-state index in [2.05, 4.69) is 20.6 Å². The van der Waals surface area contributed by atoms with Gasteiger partial charge in [0, 0.05) is 48.1 Å². The van der Waals surface area contributed by atoms with Gasteiger partial charge in [-0.05, 0) is 56.0 Å². The number of rotatable bonds is 7. The van der Waals surface area contributed by atoms with Crippen molar-refractivity contribution in [3.63, 3.8) is 0 Å². The van der Waals surface area contributed by atoms with Crippen molar-refractivity contribution in [3.8, 4) is 0 Å². The van der Waals surface area contributed by atoms with Crippen molar-refractivity contribution in [2.45, 2.75) is 56.6 Å². The molecule has 1 fully saturated rings. The predicted molar refractivity (Wildman–Crippen MR) is 135 cm³/mol. The number of hydrogen-bond acceptors (Lipinski definition) is 7. The van der Waals surface area contributed by atoms with Crippen LogP contribution in [0, 0.1) is 0 Å². The van der Waals surface area contributed by atoms with E-state index in [1.54, 1.807) is 31.6 Å². The summed E-state index contributed by atoms with van der Waals surface area (Å²) in [6.07, 6.45) is 3.44. The molecule has 0 saturated carbocycles. The van der Waals surface area contributed by atoms with Crippen molar-refractivity contribution in [1.82, 2.24) is 19.9 Å². The fourth-order valence-electron chi connectivity index (χ4n) is 4.09. The van der Waals surface area contributed by atoms with E-state index in [-0.39, 0.29) is 18.0 Å². The minimum atomic E-state index is -5.08. The molecule has 0 radical (unpaired) electrons. The zero-order valence-corrected chi connectivity index (χ0v) is 20.9. The normalized spacial score (nSPS) is 18.4. The number of amides is 1. The van der Waals surface area contributed by atoms with Gasteiger partial charge in [0.25, 0.3) is 0 Å². The second kappa shape index (κ2) is 13.1. The topological polar surface area (TPSA) is 146 Å². The number of aromatic nitrogens is 3. The first-order valence-corrected chi connectivity index (χ1v) is 12.0. The summed E-state index contributed by atoms with van der Waals surface area (Å²) in [6.45, 7) is 1.66. The van der Waals surface area contributed by atoms with Crippen molar-refractivity contribution in [1.29, 1.82) is 0 Å². The first-order valence-electron chi connectivity index (χ1n) is 12.0. The summed E-state index contributed by atoms with van der Waals surface area (Å²) in [5, 5.41) is 24.1. The van der Waals surface area contributed by atoms with Crippen molar-refractivity contribution >= 4 is 17.6 Å². The van der Waals surface area contributed by atoms with Crippen LogP contribution in [0.25, 0.3) is 0 Å². The largest absolute Gasteiger partial charge is 0.490 e. The molecule has 4 rings (SSSR count). The van der Waals surface area contributed by atoms with Crippen LogP contribution in [-0.2, 0) is 16.0 Å². The van der Waals surface area contributed by atoms with Gasteiger partial charge in [0.15, 0.2) is 0 Å². The fraction of sp³-hybridized carbons (Fsp3) is 0.346. The summed E-state index contributed by atoms with van der Waals surface area (Å²) < 4.78 is 33.0. The third kappa shape index (κ3) is 8.45. The van der Waals surface area contributed by atoms with Crippen LogP contribution < -0.4 is 16.3 Å². The molecule has 0 spiro atoms. The Labute approximate surface area is 221 Å². The van der Waals surface area contributed by atoms with Gasteiger partial charge in [-0.1, -0.05) is 18.2 Å². The molecule has 39 heavy (non-hydrogen) atoms. The predicted octanol–water partition coefficient (Wildman–Crippen LogP) is 2.87. The van der Waals surface area contributed by atoms with Crippen LogP contribution in [0.5, 0.6) is 0 Å². The smallest absolute Gasteiger partial charge is 0.475 e. The minimum Gasteiger partial charge on any atom is -0.475 e. The lowest BCUT2D eigenvalue weighted by Gasteiger charge is -2.20. The molecule has 2 aromatic heterocycles. The Hall–Kier alpha value is -4.10. The lowest BCUT2D eigenvalue weighted by atomic mass is 10.0. The van der Waals surface area contributed by atoms with Crippen LogP contribution in [-0.4, -0.2) is 54.9 Å². The number of alkyl halides is 3. The molecule has 208 valence electrons. The lowest BCUT2D eigenvalue weighted by molar-refractivity contribution is -0.192. The van der Waals surface area contributed by atoms with E-state index in [4.69, 9.17) is 9.90 Å². The Balaban J connectivity index is 0.000000532. The Morgan fingerprint density at radius 2 is 1.85 bits per heavy atom. The summed E-state index contributed by atoms with van der Waals surface area (Å²) in [6, 6.07) is 12.7. The highest BCUT2D eigenvalue weighted by atomic mass is 19.4. The van der Waals surface area contributed by atoms with Crippen LogP contribution >= 0.6 is 0 Å². The van der Waals surface area contributed by atoms with E-state index >= 15 is 0 Å². The summed E-state index contributed by atoms with van der Waals surface area (Å²) in [4.78, 5) is 41.0. The third-order valence-electron chi connectivity index (χ3n) is 6.16. The Morgan fingerprint density at radius 3 is 2.44 bits per heavy atom. The molecule has 3 heterocycles. The van der Waals surface area contributed by atoms with E-state index < -0.39 is 30.0 Å². The summed E-state index contributed by atoms with van der Waals surface area (Å²) >= 11 is 0. The van der Waals surface area contributed by atoms with Crippen molar-refractivity contribution < 1.29 is 33.0 Å². The van der Waals surface area contributed by atoms with Gasteiger partial charge in [-0.15, -0.1) is 0 Å². The Bertz CT molecular complexity index is 1300. The minimum absolute atomic E-state index is 0.0140. The Kier molecular flexibility index (Phi) is 9.90. The summed E-state index contributed by atoms with van der Waals surface area (Å²) in [5.74, 6) is -3.04. The van der Waals surface area contributed by atoms with E-state index in [1.807, 2.05) is 36.4 Å². The van der Waals surface area contributed by atoms with E-state index in [0.29, 0.717) is 5.69 Å². The van der Waals surface area contributed by atoms with E-state index in [1.165, 1.54) is 10.8 Å². The van der Waals surface area contributed by atoms with Gasteiger partial charge in [0.2, 0.25) is 5.91 Å². The number of carbonyl (C=O) groups excluding carboxylic acids is 1. The van der Waals surface area contributed by atoms with Crippen molar-refractivity contribution in [3.05, 3.63) is 88.9 Å². The van der Waals surface area contributed by atoms with Gasteiger partial charge >= 0.3 is 17.8 Å². The monoisotopic (exact) mass is 547 g/mol. The molecule has 3 aromatic rings. The number of halogens is 3. The number of nitrogens with zero attached hydrogens (tertiary/aromatic N) is 3. The lowest BCUT2D eigenvalue weighted by Crippen LogP contribution is -2.35. The molecule has 4 atom stereocenters. The van der Waals surface area contributed by atoms with Gasteiger partial charge in [0.05, 0.1) is 6.10 Å². The number of anilines is 1. The zero-order chi connectivity index (χ0) is 28.6. The molecule has 0 bridgehead atoms. The SMILES string of the molecule is C[C@@H](C(=O)Nc1ccc(C[C@@H]2CC[C@H]([C@H](O)c3cccnc3)N2)cc1)n1cccnc1=O.O=C(O)C(F)(F)F. The number of carboxylic acid groups (broad SMARTS) is 1. The molecular formula is C26H28F3N5O5. The molecule has 1 amide bonds. The molecule has 0 aliphatic carbocycles.